The van der Waals surface area contributed by atoms with Gasteiger partial charge in [0.2, 0.25) is 5.28 Å². The molecule has 0 unspecified atom stereocenters. The van der Waals surface area contributed by atoms with Crippen LogP contribution in [0.25, 0.3) is 0 Å². The highest BCUT2D eigenvalue weighted by Crippen LogP contribution is 2.12. The highest BCUT2D eigenvalue weighted by Gasteiger charge is 2.01. The molecule has 0 atom stereocenters. The lowest BCUT2D eigenvalue weighted by Crippen LogP contribution is -2.24. The van der Waals surface area contributed by atoms with E-state index in [9.17, 15) is 4.79 Å². The van der Waals surface area contributed by atoms with Crippen molar-refractivity contribution in [2.75, 3.05) is 6.54 Å². The first-order chi connectivity index (χ1) is 10.6. The molecule has 2 rings (SSSR count). The lowest BCUT2D eigenvalue weighted by atomic mass is 10.2. The van der Waals surface area contributed by atoms with Crippen LogP contribution in [0.1, 0.15) is 11.1 Å². The van der Waals surface area contributed by atoms with Gasteiger partial charge in [-0.2, -0.15) is 0 Å². The van der Waals surface area contributed by atoms with Gasteiger partial charge in [-0.3, -0.25) is 0 Å². The van der Waals surface area contributed by atoms with E-state index in [0.717, 1.165) is 5.56 Å². The molecule has 1 N–H and O–H groups in total. The second-order valence-corrected chi connectivity index (χ2v) is 4.76. The number of nitrogens with zero attached hydrogens (tertiary/aromatic N) is 2. The second-order valence-electron chi connectivity index (χ2n) is 4.06. The average molecular weight is 336 g/mol. The molecule has 22 heavy (non-hydrogen) atoms. The van der Waals surface area contributed by atoms with Crippen molar-refractivity contribution in [2.45, 2.75) is 6.61 Å². The Morgan fingerprint density at radius 1 is 1.27 bits per heavy atom. The average Bonchev–Trinajstić information content (AvgIpc) is 2.52. The van der Waals surface area contributed by atoms with Crippen LogP contribution in [0.4, 0.5) is 4.79 Å². The zero-order valence-corrected chi connectivity index (χ0v) is 12.9. The molecule has 112 valence electrons. The van der Waals surface area contributed by atoms with Crippen molar-refractivity contribution < 1.29 is 9.53 Å². The quantitative estimate of drug-likeness (QED) is 0.532. The molecule has 0 aliphatic carbocycles. The topological polar surface area (TPSA) is 64.1 Å². The lowest BCUT2D eigenvalue weighted by molar-refractivity contribution is 0.141. The fraction of sp³-hybridized carbons (Fsp3) is 0.133. The van der Waals surface area contributed by atoms with E-state index in [0.29, 0.717) is 5.56 Å². The Labute approximate surface area is 137 Å². The molecule has 0 aliphatic rings. The molecule has 0 aliphatic heterocycles. The summed E-state index contributed by atoms with van der Waals surface area (Å²) in [6.07, 6.45) is 0.870. The number of amides is 1. The summed E-state index contributed by atoms with van der Waals surface area (Å²) in [7, 11) is 0. The largest absolute Gasteiger partial charge is 0.445 e. The first-order valence-corrected chi connectivity index (χ1v) is 7.02. The van der Waals surface area contributed by atoms with E-state index in [2.05, 4.69) is 27.1 Å². The van der Waals surface area contributed by atoms with Gasteiger partial charge in [0.1, 0.15) is 11.8 Å². The number of carbonyl (C=O) groups excluding carboxylic acids is 1. The third-order valence-electron chi connectivity index (χ3n) is 2.47. The Kier molecular flexibility index (Phi) is 6.01. The van der Waals surface area contributed by atoms with Crippen LogP contribution in [0.15, 0.2) is 36.5 Å². The number of carbonyl (C=O) groups is 1. The highest BCUT2D eigenvalue weighted by molar-refractivity contribution is 6.32. The third-order valence-corrected chi connectivity index (χ3v) is 2.94. The summed E-state index contributed by atoms with van der Waals surface area (Å²) < 4.78 is 5.03. The molecular weight excluding hydrogens is 325 g/mol. The smallest absolute Gasteiger partial charge is 0.408 e. The lowest BCUT2D eigenvalue weighted by Gasteiger charge is -2.04. The van der Waals surface area contributed by atoms with E-state index in [-0.39, 0.29) is 23.6 Å². The van der Waals surface area contributed by atoms with Crippen molar-refractivity contribution in [1.82, 2.24) is 15.3 Å². The molecule has 0 saturated carbocycles. The number of aromatic nitrogens is 2. The van der Waals surface area contributed by atoms with Gasteiger partial charge in [0, 0.05) is 6.20 Å². The van der Waals surface area contributed by atoms with E-state index in [1.165, 1.54) is 6.20 Å². The van der Waals surface area contributed by atoms with Gasteiger partial charge in [0.25, 0.3) is 0 Å². The van der Waals surface area contributed by atoms with Crippen LogP contribution < -0.4 is 5.32 Å². The molecule has 0 bridgehead atoms. The van der Waals surface area contributed by atoms with Gasteiger partial charge in [0.05, 0.1) is 12.1 Å². The van der Waals surface area contributed by atoms with Crippen molar-refractivity contribution in [1.29, 1.82) is 0 Å². The first-order valence-electron chi connectivity index (χ1n) is 6.26. The summed E-state index contributed by atoms with van der Waals surface area (Å²) in [5.74, 6) is 5.46. The van der Waals surface area contributed by atoms with Gasteiger partial charge in [-0.05, 0) is 17.2 Å². The van der Waals surface area contributed by atoms with Crippen LogP contribution in [-0.4, -0.2) is 22.6 Å². The normalized spacial score (nSPS) is 9.55. The SMILES string of the molecule is O=C(NCC#Cc1cnc(Cl)nc1Cl)OCc1ccccc1. The molecular formula is C15H11Cl2N3O2. The second kappa shape index (κ2) is 8.23. The van der Waals surface area contributed by atoms with Crippen LogP contribution in [0.5, 0.6) is 0 Å². The molecule has 0 fully saturated rings. The summed E-state index contributed by atoms with van der Waals surface area (Å²) in [6.45, 7) is 0.323. The summed E-state index contributed by atoms with van der Waals surface area (Å²) >= 11 is 11.4. The first kappa shape index (κ1) is 16.1. The predicted octanol–water partition coefficient (Wildman–Crippen LogP) is 3.06. The monoisotopic (exact) mass is 335 g/mol. The molecule has 1 aromatic heterocycles. The minimum Gasteiger partial charge on any atom is -0.445 e. The summed E-state index contributed by atoms with van der Waals surface area (Å²) in [6, 6.07) is 9.38. The molecule has 0 radical (unpaired) electrons. The van der Waals surface area contributed by atoms with Crippen molar-refractivity contribution in [3.63, 3.8) is 0 Å². The maximum absolute atomic E-state index is 11.5. The Hall–Kier alpha value is -2.29. The van der Waals surface area contributed by atoms with Gasteiger partial charge < -0.3 is 10.1 Å². The van der Waals surface area contributed by atoms with Crippen molar-refractivity contribution in [3.8, 4) is 11.8 Å². The summed E-state index contributed by atoms with van der Waals surface area (Å²) in [5.41, 5.74) is 1.35. The van der Waals surface area contributed by atoms with E-state index in [1.807, 2.05) is 30.3 Å². The van der Waals surface area contributed by atoms with Gasteiger partial charge >= 0.3 is 6.09 Å². The van der Waals surface area contributed by atoms with Crippen molar-refractivity contribution in [3.05, 3.63) is 58.1 Å². The molecule has 0 spiro atoms. The maximum atomic E-state index is 11.5. The summed E-state index contributed by atoms with van der Waals surface area (Å²) in [5, 5.41) is 2.73. The van der Waals surface area contributed by atoms with Gasteiger partial charge in [-0.25, -0.2) is 14.8 Å². The van der Waals surface area contributed by atoms with Gasteiger partial charge in [0.15, 0.2) is 0 Å². The molecule has 7 heteroatoms. The number of benzene rings is 1. The zero-order chi connectivity index (χ0) is 15.8. The van der Waals surface area contributed by atoms with E-state index >= 15 is 0 Å². The molecule has 5 nitrogen and oxygen atoms in total. The number of halogens is 2. The highest BCUT2D eigenvalue weighted by atomic mass is 35.5. The van der Waals surface area contributed by atoms with E-state index in [4.69, 9.17) is 27.9 Å². The van der Waals surface area contributed by atoms with Crippen LogP contribution in [0.3, 0.4) is 0 Å². The van der Waals surface area contributed by atoms with Crippen LogP contribution in [-0.2, 0) is 11.3 Å². The molecule has 1 heterocycles. The third kappa shape index (κ3) is 5.24. The zero-order valence-electron chi connectivity index (χ0n) is 11.3. The van der Waals surface area contributed by atoms with Crippen LogP contribution in [0.2, 0.25) is 10.4 Å². The predicted molar refractivity (Wildman–Crippen MR) is 83.6 cm³/mol. The minimum atomic E-state index is -0.545. The Morgan fingerprint density at radius 3 is 2.77 bits per heavy atom. The standard InChI is InChI=1S/C15H11Cl2N3O2/c16-13-12(9-19-14(17)20-13)7-4-8-18-15(21)22-10-11-5-2-1-3-6-11/h1-3,5-6,9H,8,10H2,(H,18,21). The fourth-order valence-corrected chi connectivity index (χ4v) is 1.81. The van der Waals surface area contributed by atoms with E-state index < -0.39 is 6.09 Å². The molecule has 0 saturated heterocycles. The van der Waals surface area contributed by atoms with E-state index in [1.54, 1.807) is 0 Å². The minimum absolute atomic E-state index is 0.0539. The fourth-order valence-electron chi connectivity index (χ4n) is 1.45. The number of hydrogen-bond acceptors (Lipinski definition) is 4. The number of alkyl carbamates (subject to hydrolysis) is 1. The number of hydrogen-bond donors (Lipinski definition) is 1. The van der Waals surface area contributed by atoms with Crippen LogP contribution >= 0.6 is 23.2 Å². The Balaban J connectivity index is 1.76. The molecule has 2 aromatic rings. The molecule has 1 aromatic carbocycles. The molecule has 1 amide bonds. The summed E-state index contributed by atoms with van der Waals surface area (Å²) in [4.78, 5) is 19.0. The Morgan fingerprint density at radius 2 is 2.05 bits per heavy atom. The Bertz CT molecular complexity index is 712. The number of rotatable bonds is 3. The number of ether oxygens (including phenoxy) is 1. The maximum Gasteiger partial charge on any atom is 0.408 e. The van der Waals surface area contributed by atoms with Crippen molar-refractivity contribution in [2.24, 2.45) is 0 Å². The van der Waals surface area contributed by atoms with Gasteiger partial charge in [-0.15, -0.1) is 0 Å². The van der Waals surface area contributed by atoms with Crippen molar-refractivity contribution >= 4 is 29.3 Å². The number of nitrogens with one attached hydrogen (secondary N) is 1. The van der Waals surface area contributed by atoms with Crippen LogP contribution in [0, 0.1) is 11.8 Å². The van der Waals surface area contributed by atoms with Gasteiger partial charge in [-0.1, -0.05) is 53.8 Å².